The zero-order chi connectivity index (χ0) is 25.1. The Morgan fingerprint density at radius 2 is 1.82 bits per heavy atom. The van der Waals surface area contributed by atoms with Crippen LogP contribution >= 0.6 is 0 Å². The minimum absolute atomic E-state index is 0.0186. The van der Waals surface area contributed by atoms with Crippen molar-refractivity contribution in [2.45, 2.75) is 95.8 Å². The first-order valence-electron chi connectivity index (χ1n) is 12.5. The third-order valence-corrected chi connectivity index (χ3v) is 9.65. The fourth-order valence-corrected chi connectivity index (χ4v) is 7.43. The fourth-order valence-electron chi connectivity index (χ4n) is 7.43. The molecule has 34 heavy (non-hydrogen) atoms. The first-order chi connectivity index (χ1) is 15.9. The normalized spacial score (nSPS) is 53.4. The van der Waals surface area contributed by atoms with Gasteiger partial charge in [0, 0.05) is 5.41 Å². The zero-order valence-electron chi connectivity index (χ0n) is 20.5. The maximum atomic E-state index is 11.2. The Morgan fingerprint density at radius 1 is 1.12 bits per heavy atom. The highest BCUT2D eigenvalue weighted by Crippen LogP contribution is 2.63. The molecule has 4 aliphatic rings. The largest absolute Gasteiger partial charge is 0.394 e. The highest BCUT2D eigenvalue weighted by molar-refractivity contribution is 5.26. The van der Waals surface area contributed by atoms with Gasteiger partial charge >= 0.3 is 0 Å². The molecule has 0 aromatic carbocycles. The number of allylic oxidation sites excluding steroid dienone is 3. The summed E-state index contributed by atoms with van der Waals surface area (Å²) in [5, 5.41) is 62.1. The lowest BCUT2D eigenvalue weighted by Gasteiger charge is -2.62. The Balaban J connectivity index is 1.58. The summed E-state index contributed by atoms with van der Waals surface area (Å²) in [7, 11) is 0. The van der Waals surface area contributed by atoms with Gasteiger partial charge < -0.3 is 40.1 Å². The molecule has 0 aromatic heterocycles. The highest BCUT2D eigenvalue weighted by Gasteiger charge is 2.61. The molecule has 12 atom stereocenters. The van der Waals surface area contributed by atoms with Gasteiger partial charge in [0.15, 0.2) is 6.29 Å². The fraction of sp³-hybridized carbons (Fsp3) is 0.846. The van der Waals surface area contributed by atoms with Crippen LogP contribution in [0, 0.1) is 28.1 Å². The number of ether oxygens (including phenoxy) is 2. The van der Waals surface area contributed by atoms with E-state index in [2.05, 4.69) is 32.6 Å². The van der Waals surface area contributed by atoms with E-state index in [-0.39, 0.29) is 23.4 Å². The van der Waals surface area contributed by atoms with Crippen molar-refractivity contribution in [2.24, 2.45) is 28.1 Å². The second-order valence-electron chi connectivity index (χ2n) is 11.9. The molecule has 8 nitrogen and oxygen atoms in total. The Morgan fingerprint density at radius 3 is 2.47 bits per heavy atom. The van der Waals surface area contributed by atoms with Gasteiger partial charge in [0.2, 0.25) is 0 Å². The molecule has 0 radical (unpaired) electrons. The van der Waals surface area contributed by atoms with Crippen LogP contribution in [0.1, 0.15) is 52.9 Å². The van der Waals surface area contributed by atoms with E-state index in [4.69, 9.17) is 9.47 Å². The molecule has 8 heteroatoms. The highest BCUT2D eigenvalue weighted by atomic mass is 16.7. The monoisotopic (exact) mass is 482 g/mol. The number of hydrogen-bond donors (Lipinski definition) is 6. The van der Waals surface area contributed by atoms with E-state index in [0.717, 1.165) is 25.7 Å². The van der Waals surface area contributed by atoms with Crippen LogP contribution in [-0.2, 0) is 9.47 Å². The number of aliphatic hydroxyl groups is 6. The molecule has 0 bridgehead atoms. The summed E-state index contributed by atoms with van der Waals surface area (Å²) < 4.78 is 11.4. The molecule has 4 rings (SSSR count). The molecule has 0 aromatic rings. The first kappa shape index (κ1) is 26.2. The van der Waals surface area contributed by atoms with Crippen LogP contribution in [0.4, 0.5) is 0 Å². The van der Waals surface area contributed by atoms with E-state index < -0.39 is 54.9 Å². The number of hydrogen-bond acceptors (Lipinski definition) is 8. The summed E-state index contributed by atoms with van der Waals surface area (Å²) in [4.78, 5) is 0. The van der Waals surface area contributed by atoms with E-state index in [9.17, 15) is 30.6 Å². The average molecular weight is 483 g/mol. The lowest BCUT2D eigenvalue weighted by molar-refractivity contribution is -0.315. The molecule has 1 aliphatic heterocycles. The van der Waals surface area contributed by atoms with Gasteiger partial charge in [-0.15, -0.1) is 6.58 Å². The summed E-state index contributed by atoms with van der Waals surface area (Å²) in [6, 6.07) is 0. The van der Waals surface area contributed by atoms with Gasteiger partial charge in [-0.2, -0.15) is 0 Å². The zero-order valence-corrected chi connectivity index (χ0v) is 20.5. The minimum Gasteiger partial charge on any atom is -0.394 e. The van der Waals surface area contributed by atoms with Crippen LogP contribution in [0.3, 0.4) is 0 Å². The van der Waals surface area contributed by atoms with Crippen molar-refractivity contribution in [1.29, 1.82) is 0 Å². The predicted octanol–water partition coefficient (Wildman–Crippen LogP) is 0.880. The SMILES string of the molecule is C=C[C@@]1(C)CC[C@H]2C(=CC[C@@H]3[C@]2(C)C[C@@H](O)[C@H](O)[C@]3(C)CO[C@@H]2O[C@H](CO)[C@@H](O)[C@@H](O)[C@@H]2O)C1. The van der Waals surface area contributed by atoms with Gasteiger partial charge in [-0.3, -0.25) is 0 Å². The van der Waals surface area contributed by atoms with Crippen molar-refractivity contribution >= 4 is 0 Å². The molecule has 194 valence electrons. The predicted molar refractivity (Wildman–Crippen MR) is 124 cm³/mol. The summed E-state index contributed by atoms with van der Waals surface area (Å²) in [6.07, 6.45) is -0.221. The van der Waals surface area contributed by atoms with Gasteiger partial charge in [-0.1, -0.05) is 38.5 Å². The Kier molecular flexibility index (Phi) is 7.12. The molecule has 3 aliphatic carbocycles. The maximum Gasteiger partial charge on any atom is 0.186 e. The minimum atomic E-state index is -1.53. The molecule has 0 spiro atoms. The Bertz CT molecular complexity index is 800. The summed E-state index contributed by atoms with van der Waals surface area (Å²) in [6.45, 7) is 9.84. The summed E-state index contributed by atoms with van der Waals surface area (Å²) in [5.41, 5.74) is 0.409. The van der Waals surface area contributed by atoms with E-state index >= 15 is 0 Å². The van der Waals surface area contributed by atoms with Gasteiger partial charge in [-0.05, 0) is 54.8 Å². The topological polar surface area (TPSA) is 140 Å². The van der Waals surface area contributed by atoms with Crippen LogP contribution in [0.5, 0.6) is 0 Å². The molecular formula is C26H42O8. The first-order valence-corrected chi connectivity index (χ1v) is 12.5. The number of rotatable bonds is 5. The van der Waals surface area contributed by atoms with Crippen molar-refractivity contribution in [2.75, 3.05) is 13.2 Å². The second kappa shape index (κ2) is 9.23. The van der Waals surface area contributed by atoms with E-state index in [0.29, 0.717) is 12.3 Å². The quantitative estimate of drug-likeness (QED) is 0.318. The lowest BCUT2D eigenvalue weighted by Crippen LogP contribution is -2.64. The Labute approximate surface area is 201 Å². The van der Waals surface area contributed by atoms with Gasteiger partial charge in [-0.25, -0.2) is 0 Å². The van der Waals surface area contributed by atoms with Crippen molar-refractivity contribution in [3.05, 3.63) is 24.3 Å². The lowest BCUT2D eigenvalue weighted by atomic mass is 9.44. The standard InChI is InChI=1S/C26H42O8/c1-5-24(2)9-8-15-14(10-24)6-7-18-25(15,3)11-16(28)22(32)26(18,4)13-33-23-21(31)20(30)19(29)17(12-27)34-23/h5-6,15-23,27-32H,1,7-13H2,2-4H3/t15-,16+,17+,18+,19+,20+,21-,22-,23+,24-,25+,26+/m0/s1. The van der Waals surface area contributed by atoms with Crippen molar-refractivity contribution in [1.82, 2.24) is 0 Å². The van der Waals surface area contributed by atoms with E-state index in [1.165, 1.54) is 5.57 Å². The van der Waals surface area contributed by atoms with Crippen LogP contribution in [-0.4, -0.2) is 86.8 Å². The molecule has 1 heterocycles. The molecule has 0 unspecified atom stereocenters. The van der Waals surface area contributed by atoms with Gasteiger partial charge in [0.1, 0.15) is 24.4 Å². The molecule has 2 saturated carbocycles. The number of fused-ring (bicyclic) bond motifs is 3. The van der Waals surface area contributed by atoms with Crippen LogP contribution in [0.25, 0.3) is 0 Å². The summed E-state index contributed by atoms with van der Waals surface area (Å²) >= 11 is 0. The van der Waals surface area contributed by atoms with E-state index in [1.54, 1.807) is 0 Å². The second-order valence-corrected chi connectivity index (χ2v) is 11.9. The summed E-state index contributed by atoms with van der Waals surface area (Å²) in [5.74, 6) is 0.318. The smallest absolute Gasteiger partial charge is 0.186 e. The van der Waals surface area contributed by atoms with Gasteiger partial charge in [0.25, 0.3) is 0 Å². The van der Waals surface area contributed by atoms with Crippen LogP contribution in [0.15, 0.2) is 24.3 Å². The third-order valence-electron chi connectivity index (χ3n) is 9.65. The van der Waals surface area contributed by atoms with Crippen molar-refractivity contribution in [3.8, 4) is 0 Å². The maximum absolute atomic E-state index is 11.2. The average Bonchev–Trinajstić information content (AvgIpc) is 2.80. The molecule has 6 N–H and O–H groups in total. The molecule has 0 amide bonds. The Hall–Kier alpha value is -0.840. The molecule has 3 fully saturated rings. The van der Waals surface area contributed by atoms with Gasteiger partial charge in [0.05, 0.1) is 25.4 Å². The molecule has 1 saturated heterocycles. The van der Waals surface area contributed by atoms with Crippen molar-refractivity contribution in [3.63, 3.8) is 0 Å². The molecular weight excluding hydrogens is 440 g/mol. The van der Waals surface area contributed by atoms with E-state index in [1.807, 2.05) is 6.92 Å². The van der Waals surface area contributed by atoms with Crippen LogP contribution < -0.4 is 0 Å². The van der Waals surface area contributed by atoms with Crippen LogP contribution in [0.2, 0.25) is 0 Å². The number of aliphatic hydroxyl groups excluding tert-OH is 6. The third kappa shape index (κ3) is 4.10. The van der Waals surface area contributed by atoms with Crippen molar-refractivity contribution < 1.29 is 40.1 Å².